The van der Waals surface area contributed by atoms with Gasteiger partial charge in [0.25, 0.3) is 0 Å². The zero-order chi connectivity index (χ0) is 17.0. The Bertz CT molecular complexity index is 767. The number of likely N-dealkylation sites (N-methyl/N-ethyl adjacent to an activating group) is 1. The Labute approximate surface area is 150 Å². The van der Waals surface area contributed by atoms with Crippen molar-refractivity contribution in [3.8, 4) is 0 Å². The van der Waals surface area contributed by atoms with Crippen LogP contribution in [-0.2, 0) is 10.0 Å². The fourth-order valence-corrected chi connectivity index (χ4v) is 4.31. The highest BCUT2D eigenvalue weighted by Gasteiger charge is 2.21. The summed E-state index contributed by atoms with van der Waals surface area (Å²) in [5.74, 6) is 0. The van der Waals surface area contributed by atoms with Crippen LogP contribution in [0.1, 0.15) is 11.6 Å². The van der Waals surface area contributed by atoms with E-state index >= 15 is 0 Å². The lowest BCUT2D eigenvalue weighted by Gasteiger charge is -2.25. The molecule has 0 saturated heterocycles. The normalized spacial score (nSPS) is 13.3. The van der Waals surface area contributed by atoms with Crippen LogP contribution in [0.15, 0.2) is 57.9 Å². The third-order valence-corrected chi connectivity index (χ3v) is 5.86. The Kier molecular flexibility index (Phi) is 6.22. The molecule has 0 heterocycles. The first-order valence-corrected chi connectivity index (χ1v) is 9.63. The van der Waals surface area contributed by atoms with E-state index in [4.69, 9.17) is 11.6 Å². The molecule has 0 aromatic heterocycles. The van der Waals surface area contributed by atoms with Crippen molar-refractivity contribution < 1.29 is 8.42 Å². The predicted molar refractivity (Wildman–Crippen MR) is 97.2 cm³/mol. The number of benzene rings is 2. The highest BCUT2D eigenvalue weighted by molar-refractivity contribution is 9.10. The molecule has 1 unspecified atom stereocenters. The molecule has 0 aliphatic heterocycles. The molecule has 7 heteroatoms. The maximum absolute atomic E-state index is 12.5. The van der Waals surface area contributed by atoms with Gasteiger partial charge in [-0.3, -0.25) is 0 Å². The van der Waals surface area contributed by atoms with E-state index in [1.165, 1.54) is 6.07 Å². The van der Waals surface area contributed by atoms with Crippen molar-refractivity contribution in [1.82, 2.24) is 9.62 Å². The molecular weight excluding hydrogens is 400 g/mol. The summed E-state index contributed by atoms with van der Waals surface area (Å²) in [5, 5.41) is 0.188. The van der Waals surface area contributed by atoms with E-state index in [9.17, 15) is 8.42 Å². The van der Waals surface area contributed by atoms with Gasteiger partial charge in [0, 0.05) is 17.1 Å². The van der Waals surface area contributed by atoms with Gasteiger partial charge in [0.15, 0.2) is 0 Å². The maximum atomic E-state index is 12.5. The second kappa shape index (κ2) is 7.77. The van der Waals surface area contributed by atoms with Crippen molar-refractivity contribution >= 4 is 37.6 Å². The summed E-state index contributed by atoms with van der Waals surface area (Å²) in [4.78, 5) is 2.05. The van der Waals surface area contributed by atoms with Gasteiger partial charge < -0.3 is 4.90 Å². The maximum Gasteiger partial charge on any atom is 0.242 e. The van der Waals surface area contributed by atoms with Crippen LogP contribution in [0.3, 0.4) is 0 Å². The van der Waals surface area contributed by atoms with Gasteiger partial charge in [-0.25, -0.2) is 13.1 Å². The zero-order valence-electron chi connectivity index (χ0n) is 12.8. The van der Waals surface area contributed by atoms with Gasteiger partial charge in [0.05, 0.1) is 5.02 Å². The van der Waals surface area contributed by atoms with Crippen LogP contribution in [0.5, 0.6) is 0 Å². The zero-order valence-corrected chi connectivity index (χ0v) is 16.0. The molecule has 2 aromatic rings. The van der Waals surface area contributed by atoms with Gasteiger partial charge in [-0.15, -0.1) is 0 Å². The molecule has 0 fully saturated rings. The minimum absolute atomic E-state index is 0.0693. The Morgan fingerprint density at radius 2 is 1.83 bits per heavy atom. The average molecular weight is 418 g/mol. The van der Waals surface area contributed by atoms with Gasteiger partial charge in [0.2, 0.25) is 10.0 Å². The van der Waals surface area contributed by atoms with Crippen molar-refractivity contribution in [1.29, 1.82) is 0 Å². The van der Waals surface area contributed by atoms with E-state index in [1.807, 2.05) is 49.3 Å². The van der Waals surface area contributed by atoms with Crippen LogP contribution < -0.4 is 4.72 Å². The summed E-state index contributed by atoms with van der Waals surface area (Å²) in [6.07, 6.45) is 0. The van der Waals surface area contributed by atoms with Crippen molar-refractivity contribution in [3.63, 3.8) is 0 Å². The first kappa shape index (κ1) is 18.4. The summed E-state index contributed by atoms with van der Waals surface area (Å²) in [6, 6.07) is 14.4. The molecule has 2 rings (SSSR count). The summed E-state index contributed by atoms with van der Waals surface area (Å²) in [6.45, 7) is 0.256. The molecular formula is C16H18BrClN2O2S. The van der Waals surface area contributed by atoms with E-state index in [2.05, 4.69) is 20.7 Å². The van der Waals surface area contributed by atoms with Crippen LogP contribution in [0.2, 0.25) is 5.02 Å². The van der Waals surface area contributed by atoms with Crippen molar-refractivity contribution in [3.05, 3.63) is 63.6 Å². The molecule has 1 atom stereocenters. The molecule has 4 nitrogen and oxygen atoms in total. The Morgan fingerprint density at radius 3 is 2.39 bits per heavy atom. The van der Waals surface area contributed by atoms with Gasteiger partial charge in [-0.1, -0.05) is 57.9 Å². The van der Waals surface area contributed by atoms with Gasteiger partial charge in [-0.05, 0) is 37.9 Å². The second-order valence-corrected chi connectivity index (χ2v) is 8.37. The minimum atomic E-state index is -3.67. The summed E-state index contributed by atoms with van der Waals surface area (Å²) >= 11 is 9.32. The lowest BCUT2D eigenvalue weighted by molar-refractivity contribution is 0.299. The molecule has 0 radical (unpaired) electrons. The number of halogens is 2. The summed E-state index contributed by atoms with van der Waals surface area (Å²) in [7, 11) is 0.157. The first-order chi connectivity index (χ1) is 10.8. The molecule has 1 N–H and O–H groups in total. The monoisotopic (exact) mass is 416 g/mol. The van der Waals surface area contributed by atoms with E-state index in [1.54, 1.807) is 12.1 Å². The number of nitrogens with zero attached hydrogens (tertiary/aromatic N) is 1. The number of nitrogens with one attached hydrogen (secondary N) is 1. The third kappa shape index (κ3) is 4.78. The third-order valence-electron chi connectivity index (χ3n) is 3.46. The number of hydrogen-bond donors (Lipinski definition) is 1. The SMILES string of the molecule is CN(C)C(CNS(=O)(=O)c1ccc(Br)cc1Cl)c1ccccc1. The van der Waals surface area contributed by atoms with Crippen LogP contribution >= 0.6 is 27.5 Å². The highest BCUT2D eigenvalue weighted by Crippen LogP contribution is 2.25. The Hall–Kier alpha value is -0.920. The fourth-order valence-electron chi connectivity index (χ4n) is 2.23. The number of hydrogen-bond acceptors (Lipinski definition) is 3. The molecule has 0 amide bonds. The summed E-state index contributed by atoms with van der Waals surface area (Å²) < 4.78 is 28.4. The van der Waals surface area contributed by atoms with Crippen molar-refractivity contribution in [2.45, 2.75) is 10.9 Å². The molecule has 0 spiro atoms. The van der Waals surface area contributed by atoms with Crippen LogP contribution in [0.4, 0.5) is 0 Å². The van der Waals surface area contributed by atoms with Gasteiger partial charge in [-0.2, -0.15) is 0 Å². The van der Waals surface area contributed by atoms with Crippen LogP contribution in [0, 0.1) is 0 Å². The fraction of sp³-hybridized carbons (Fsp3) is 0.250. The number of sulfonamides is 1. The Morgan fingerprint density at radius 1 is 1.17 bits per heavy atom. The molecule has 0 aliphatic rings. The molecule has 0 bridgehead atoms. The second-order valence-electron chi connectivity index (χ2n) is 5.32. The molecule has 23 heavy (non-hydrogen) atoms. The first-order valence-electron chi connectivity index (χ1n) is 6.97. The lowest BCUT2D eigenvalue weighted by atomic mass is 10.1. The van der Waals surface area contributed by atoms with Gasteiger partial charge in [0.1, 0.15) is 4.90 Å². The highest BCUT2D eigenvalue weighted by atomic mass is 79.9. The topological polar surface area (TPSA) is 49.4 Å². The van der Waals surface area contributed by atoms with E-state index < -0.39 is 10.0 Å². The summed E-state index contributed by atoms with van der Waals surface area (Å²) in [5.41, 5.74) is 1.04. The number of rotatable bonds is 6. The lowest BCUT2D eigenvalue weighted by Crippen LogP contribution is -2.34. The smallest absolute Gasteiger partial charge is 0.242 e. The largest absolute Gasteiger partial charge is 0.301 e. The van der Waals surface area contributed by atoms with E-state index in [0.717, 1.165) is 10.0 Å². The average Bonchev–Trinajstić information content (AvgIpc) is 2.47. The molecule has 2 aromatic carbocycles. The van der Waals surface area contributed by atoms with Gasteiger partial charge >= 0.3 is 0 Å². The molecule has 0 aliphatic carbocycles. The Balaban J connectivity index is 2.20. The van der Waals surface area contributed by atoms with Crippen molar-refractivity contribution in [2.24, 2.45) is 0 Å². The predicted octanol–water partition coefficient (Wildman–Crippen LogP) is 3.68. The van der Waals surface area contributed by atoms with E-state index in [0.29, 0.717) is 0 Å². The molecule has 124 valence electrons. The minimum Gasteiger partial charge on any atom is -0.301 e. The van der Waals surface area contributed by atoms with Crippen molar-refractivity contribution in [2.75, 3.05) is 20.6 Å². The van der Waals surface area contributed by atoms with E-state index in [-0.39, 0.29) is 22.5 Å². The quantitative estimate of drug-likeness (QED) is 0.780. The molecule has 0 saturated carbocycles. The standard InChI is InChI=1S/C16H18BrClN2O2S/c1-20(2)15(12-6-4-3-5-7-12)11-19-23(21,22)16-9-8-13(17)10-14(16)18/h3-10,15,19H,11H2,1-2H3. The van der Waals surface area contributed by atoms with Crippen LogP contribution in [0.25, 0.3) is 0 Å². The van der Waals surface area contributed by atoms with Crippen LogP contribution in [-0.4, -0.2) is 34.0 Å².